The molecule has 0 aliphatic carbocycles. The number of nitrogens with zero attached hydrogens (tertiary/aromatic N) is 3. The number of alkyl halides is 1. The number of benzene rings is 2. The van der Waals surface area contributed by atoms with Crippen LogP contribution in [0.15, 0.2) is 30.5 Å². The van der Waals surface area contributed by atoms with Gasteiger partial charge in [-0.15, -0.1) is 0 Å². The Labute approximate surface area is 185 Å². The van der Waals surface area contributed by atoms with Gasteiger partial charge in [0.05, 0.1) is 17.8 Å². The van der Waals surface area contributed by atoms with Crippen molar-refractivity contribution in [3.8, 4) is 11.8 Å². The summed E-state index contributed by atoms with van der Waals surface area (Å²) in [4.78, 5) is 11.3. The van der Waals surface area contributed by atoms with E-state index in [9.17, 15) is 28.3 Å². The van der Waals surface area contributed by atoms with E-state index in [-0.39, 0.29) is 39.8 Å². The molecular formula is C23H18F4N4O2. The van der Waals surface area contributed by atoms with Crippen LogP contribution < -0.4 is 0 Å². The van der Waals surface area contributed by atoms with Crippen LogP contribution in [0.25, 0.3) is 27.5 Å². The molecule has 0 unspecified atom stereocenters. The van der Waals surface area contributed by atoms with Gasteiger partial charge in [0.2, 0.25) is 6.17 Å². The molecule has 4 aromatic rings. The number of nitrogens with one attached hydrogen (secondary N) is 1. The molecule has 0 amide bonds. The number of carbonyl (C=O) groups is 1. The van der Waals surface area contributed by atoms with Crippen molar-refractivity contribution in [2.24, 2.45) is 0 Å². The highest BCUT2D eigenvalue weighted by atomic mass is 19.2. The lowest BCUT2D eigenvalue weighted by atomic mass is 9.82. The third-order valence-corrected chi connectivity index (χ3v) is 5.68. The molecule has 0 saturated heterocycles. The number of fused-ring (bicyclic) bond motifs is 2. The Morgan fingerprint density at radius 3 is 2.64 bits per heavy atom. The summed E-state index contributed by atoms with van der Waals surface area (Å²) in [7, 11) is 0. The molecule has 2 N–H and O–H groups in total. The monoisotopic (exact) mass is 458 g/mol. The molecule has 1 atom stereocenters. The molecule has 0 aliphatic heterocycles. The molecule has 0 aliphatic rings. The highest BCUT2D eigenvalue weighted by Crippen LogP contribution is 2.42. The zero-order chi connectivity index (χ0) is 24.1. The van der Waals surface area contributed by atoms with Gasteiger partial charge in [0.25, 0.3) is 0 Å². The van der Waals surface area contributed by atoms with Crippen molar-refractivity contribution in [2.75, 3.05) is 0 Å². The van der Waals surface area contributed by atoms with E-state index in [1.807, 2.05) is 6.07 Å². The van der Waals surface area contributed by atoms with E-state index in [2.05, 4.69) is 10.2 Å². The summed E-state index contributed by atoms with van der Waals surface area (Å²) < 4.78 is 59.4. The fraction of sp³-hybridized carbons (Fsp3) is 0.261. The van der Waals surface area contributed by atoms with E-state index in [1.165, 1.54) is 16.8 Å². The normalized spacial score (nSPS) is 12.9. The predicted molar refractivity (Wildman–Crippen MR) is 112 cm³/mol. The number of rotatable bonds is 6. The van der Waals surface area contributed by atoms with Gasteiger partial charge in [-0.3, -0.25) is 5.10 Å². The van der Waals surface area contributed by atoms with E-state index in [4.69, 9.17) is 0 Å². The van der Waals surface area contributed by atoms with Gasteiger partial charge in [0.1, 0.15) is 5.52 Å². The Bertz CT molecular complexity index is 1450. The van der Waals surface area contributed by atoms with Crippen LogP contribution in [0.3, 0.4) is 0 Å². The lowest BCUT2D eigenvalue weighted by Gasteiger charge is -2.26. The molecule has 2 aromatic carbocycles. The number of nitriles is 1. The van der Waals surface area contributed by atoms with Crippen LogP contribution in [0.5, 0.6) is 0 Å². The molecule has 33 heavy (non-hydrogen) atoms. The molecule has 0 saturated carbocycles. The van der Waals surface area contributed by atoms with Crippen LogP contribution in [0.4, 0.5) is 17.6 Å². The topological polar surface area (TPSA) is 94.7 Å². The van der Waals surface area contributed by atoms with Gasteiger partial charge < -0.3 is 9.67 Å². The summed E-state index contributed by atoms with van der Waals surface area (Å²) in [6, 6.07) is 6.66. The van der Waals surface area contributed by atoms with Crippen LogP contribution in [0, 0.1) is 28.8 Å². The van der Waals surface area contributed by atoms with E-state index < -0.39 is 41.4 Å². The number of carboxylic acid groups (broad SMARTS) is 1. The van der Waals surface area contributed by atoms with Crippen molar-refractivity contribution in [3.05, 3.63) is 59.2 Å². The second-order valence-electron chi connectivity index (χ2n) is 8.41. The van der Waals surface area contributed by atoms with Crippen LogP contribution >= 0.6 is 0 Å². The van der Waals surface area contributed by atoms with Gasteiger partial charge in [-0.05, 0) is 23.8 Å². The first-order valence-corrected chi connectivity index (χ1v) is 9.95. The summed E-state index contributed by atoms with van der Waals surface area (Å²) in [5.41, 5.74) is -0.459. The first-order valence-electron chi connectivity index (χ1n) is 9.95. The Kier molecular flexibility index (Phi) is 5.36. The van der Waals surface area contributed by atoms with Crippen molar-refractivity contribution < 1.29 is 27.5 Å². The first-order chi connectivity index (χ1) is 15.6. The Balaban J connectivity index is 2.21. The minimum Gasteiger partial charge on any atom is -0.479 e. The maximum atomic E-state index is 15.7. The van der Waals surface area contributed by atoms with Gasteiger partial charge in [-0.2, -0.15) is 10.4 Å². The number of aliphatic carboxylic acids is 1. The molecule has 4 rings (SSSR count). The molecule has 0 bridgehead atoms. The highest BCUT2D eigenvalue weighted by molar-refractivity contribution is 6.00. The number of aromatic nitrogens is 3. The van der Waals surface area contributed by atoms with E-state index in [0.717, 1.165) is 12.1 Å². The minimum atomic E-state index is -2.36. The number of halogens is 4. The number of hydrogen-bond acceptors (Lipinski definition) is 3. The molecule has 0 spiro atoms. The zero-order valence-corrected chi connectivity index (χ0v) is 17.6. The molecular weight excluding hydrogens is 440 g/mol. The van der Waals surface area contributed by atoms with Crippen molar-refractivity contribution >= 4 is 27.8 Å². The predicted octanol–water partition coefficient (Wildman–Crippen LogP) is 5.08. The van der Waals surface area contributed by atoms with Gasteiger partial charge in [0.15, 0.2) is 17.5 Å². The molecule has 0 radical (unpaired) electrons. The summed E-state index contributed by atoms with van der Waals surface area (Å²) in [5.74, 6) is -4.76. The Hall–Kier alpha value is -3.87. The van der Waals surface area contributed by atoms with E-state index in [0.29, 0.717) is 5.39 Å². The summed E-state index contributed by atoms with van der Waals surface area (Å²) in [5, 5.41) is 25.2. The van der Waals surface area contributed by atoms with Crippen molar-refractivity contribution in [3.63, 3.8) is 0 Å². The van der Waals surface area contributed by atoms with Crippen molar-refractivity contribution in [1.29, 1.82) is 5.26 Å². The van der Waals surface area contributed by atoms with Crippen molar-refractivity contribution in [2.45, 2.75) is 38.3 Å². The second-order valence-corrected chi connectivity index (χ2v) is 8.41. The number of carboxylic acids is 1. The standard InChI is InChI=1S/C23H18F4N4O2/c1-23(2,5-6-28)21-13(9-16(26)22(32)33)18-17(7-11-10-29-30-20(11)19(18)27)31(21)12-3-4-14(24)15(25)8-12/h3-4,7-8,10,16H,5,9H2,1-2H3,(H,29,30)(H,32,33)/t16-/m0/s1. The van der Waals surface area contributed by atoms with E-state index >= 15 is 4.39 Å². The van der Waals surface area contributed by atoms with Crippen LogP contribution in [-0.2, 0) is 16.6 Å². The third-order valence-electron chi connectivity index (χ3n) is 5.68. The zero-order valence-electron chi connectivity index (χ0n) is 17.6. The highest BCUT2D eigenvalue weighted by Gasteiger charge is 2.35. The number of aromatic amines is 1. The van der Waals surface area contributed by atoms with Gasteiger partial charge in [0, 0.05) is 46.5 Å². The van der Waals surface area contributed by atoms with Gasteiger partial charge >= 0.3 is 5.97 Å². The molecule has 6 nitrogen and oxygen atoms in total. The van der Waals surface area contributed by atoms with Gasteiger partial charge in [-0.25, -0.2) is 22.4 Å². The smallest absolute Gasteiger partial charge is 0.338 e. The average Bonchev–Trinajstić information content (AvgIpc) is 3.33. The largest absolute Gasteiger partial charge is 0.479 e. The third kappa shape index (κ3) is 3.59. The van der Waals surface area contributed by atoms with Crippen molar-refractivity contribution in [1.82, 2.24) is 14.8 Å². The molecule has 2 heterocycles. The maximum absolute atomic E-state index is 15.7. The molecule has 2 aromatic heterocycles. The fourth-order valence-electron chi connectivity index (χ4n) is 4.22. The lowest BCUT2D eigenvalue weighted by Crippen LogP contribution is -2.25. The minimum absolute atomic E-state index is 0.0267. The van der Waals surface area contributed by atoms with E-state index in [1.54, 1.807) is 19.9 Å². The average molecular weight is 458 g/mol. The molecule has 10 heteroatoms. The summed E-state index contributed by atoms with van der Waals surface area (Å²) in [6.07, 6.45) is -1.77. The lowest BCUT2D eigenvalue weighted by molar-refractivity contribution is -0.142. The molecule has 0 fully saturated rings. The number of H-pyrrole nitrogens is 1. The second kappa shape index (κ2) is 7.92. The maximum Gasteiger partial charge on any atom is 0.338 e. The van der Waals surface area contributed by atoms with Crippen LogP contribution in [0.1, 0.15) is 31.5 Å². The van der Waals surface area contributed by atoms with Gasteiger partial charge in [-0.1, -0.05) is 13.8 Å². The quantitative estimate of drug-likeness (QED) is 0.394. The number of hydrogen-bond donors (Lipinski definition) is 2. The first kappa shape index (κ1) is 22.3. The molecule has 170 valence electrons. The summed E-state index contributed by atoms with van der Waals surface area (Å²) in [6.45, 7) is 3.31. The fourth-order valence-corrected chi connectivity index (χ4v) is 4.22. The SMILES string of the molecule is CC(C)(CC#N)c1c(C[C@H](F)C(=O)O)c2c(F)c3[nH]ncc3cc2n1-c1ccc(F)c(F)c1. The van der Waals surface area contributed by atoms with Crippen LogP contribution in [0.2, 0.25) is 0 Å². The Morgan fingerprint density at radius 2 is 2.00 bits per heavy atom. The summed E-state index contributed by atoms with van der Waals surface area (Å²) >= 11 is 0. The Morgan fingerprint density at radius 1 is 1.27 bits per heavy atom. The van der Waals surface area contributed by atoms with Crippen LogP contribution in [-0.4, -0.2) is 32.0 Å².